The molecule has 0 aliphatic rings. The second-order valence-electron chi connectivity index (χ2n) is 5.08. The van der Waals surface area contributed by atoms with Gasteiger partial charge in [-0.25, -0.2) is 0 Å². The summed E-state index contributed by atoms with van der Waals surface area (Å²) in [5.74, 6) is 0. The lowest BCUT2D eigenvalue weighted by Gasteiger charge is -2.08. The highest BCUT2D eigenvalue weighted by Crippen LogP contribution is 2.24. The van der Waals surface area contributed by atoms with Crippen molar-refractivity contribution in [3.63, 3.8) is 0 Å². The van der Waals surface area contributed by atoms with Gasteiger partial charge in [-0.1, -0.05) is 12.1 Å². The third-order valence-electron chi connectivity index (χ3n) is 3.65. The van der Waals surface area contributed by atoms with Gasteiger partial charge >= 0.3 is 0 Å². The van der Waals surface area contributed by atoms with Gasteiger partial charge in [0.25, 0.3) is 0 Å². The number of anilines is 1. The Balaban J connectivity index is 1.56. The van der Waals surface area contributed by atoms with E-state index in [1.54, 1.807) is 11.3 Å². The third kappa shape index (κ3) is 2.48. The number of nitrogens with zero attached hydrogens (tertiary/aromatic N) is 1. The van der Waals surface area contributed by atoms with Crippen LogP contribution in [0.1, 0.15) is 5.56 Å². The van der Waals surface area contributed by atoms with Crippen molar-refractivity contribution in [1.29, 1.82) is 0 Å². The maximum atomic E-state index is 4.15. The molecule has 0 unspecified atom stereocenters. The van der Waals surface area contributed by atoms with Gasteiger partial charge in [0.1, 0.15) is 0 Å². The van der Waals surface area contributed by atoms with Gasteiger partial charge in [-0.3, -0.25) is 4.98 Å². The lowest BCUT2D eigenvalue weighted by atomic mass is 10.1. The van der Waals surface area contributed by atoms with Crippen LogP contribution in [0.15, 0.2) is 66.3 Å². The summed E-state index contributed by atoms with van der Waals surface area (Å²) in [5.41, 5.74) is 2.44. The molecule has 1 N–H and O–H groups in total. The fourth-order valence-electron chi connectivity index (χ4n) is 2.52. The lowest BCUT2D eigenvalue weighted by Crippen LogP contribution is -1.98. The SMILES string of the molecule is c1cc2cc(CNc3ccc4sccc4c3)ccc2cn1. The molecule has 21 heavy (non-hydrogen) atoms. The Hall–Kier alpha value is -2.39. The van der Waals surface area contributed by atoms with Crippen LogP contribution in [0.4, 0.5) is 5.69 Å². The lowest BCUT2D eigenvalue weighted by molar-refractivity contribution is 1.16. The molecule has 4 aromatic rings. The Morgan fingerprint density at radius 2 is 1.90 bits per heavy atom. The molecule has 0 bridgehead atoms. The number of hydrogen-bond acceptors (Lipinski definition) is 3. The van der Waals surface area contributed by atoms with E-state index in [1.807, 2.05) is 12.4 Å². The number of nitrogens with one attached hydrogen (secondary N) is 1. The van der Waals surface area contributed by atoms with Gasteiger partial charge < -0.3 is 5.32 Å². The van der Waals surface area contributed by atoms with Gasteiger partial charge in [0, 0.05) is 34.7 Å². The number of aromatic nitrogens is 1. The summed E-state index contributed by atoms with van der Waals surface area (Å²) in [6, 6.07) is 17.2. The highest BCUT2D eigenvalue weighted by atomic mass is 32.1. The molecule has 2 heterocycles. The van der Waals surface area contributed by atoms with Crippen molar-refractivity contribution in [2.45, 2.75) is 6.54 Å². The average molecular weight is 290 g/mol. The molecular weight excluding hydrogens is 276 g/mol. The van der Waals surface area contributed by atoms with Crippen molar-refractivity contribution >= 4 is 37.9 Å². The Kier molecular flexibility index (Phi) is 3.05. The van der Waals surface area contributed by atoms with Crippen LogP contribution in [0, 0.1) is 0 Å². The van der Waals surface area contributed by atoms with E-state index in [2.05, 4.69) is 64.2 Å². The minimum absolute atomic E-state index is 0.827. The van der Waals surface area contributed by atoms with Crippen molar-refractivity contribution in [3.8, 4) is 0 Å². The Labute approximate surface area is 127 Å². The van der Waals surface area contributed by atoms with E-state index in [4.69, 9.17) is 0 Å². The normalized spacial score (nSPS) is 11.0. The molecule has 2 aromatic heterocycles. The summed E-state index contributed by atoms with van der Waals surface area (Å²) in [6.07, 6.45) is 3.74. The van der Waals surface area contributed by atoms with Crippen molar-refractivity contribution in [2.24, 2.45) is 0 Å². The van der Waals surface area contributed by atoms with Gasteiger partial charge in [0.05, 0.1) is 0 Å². The summed E-state index contributed by atoms with van der Waals surface area (Å²) in [4.78, 5) is 4.15. The summed E-state index contributed by atoms with van der Waals surface area (Å²) >= 11 is 1.78. The van der Waals surface area contributed by atoms with Crippen LogP contribution in [-0.2, 0) is 6.54 Å². The van der Waals surface area contributed by atoms with Gasteiger partial charge in [-0.05, 0) is 58.1 Å². The predicted molar refractivity (Wildman–Crippen MR) is 90.9 cm³/mol. The molecule has 0 saturated heterocycles. The number of benzene rings is 2. The van der Waals surface area contributed by atoms with Crippen LogP contribution in [0.5, 0.6) is 0 Å². The van der Waals surface area contributed by atoms with Crippen LogP contribution in [-0.4, -0.2) is 4.98 Å². The minimum atomic E-state index is 0.827. The fourth-order valence-corrected chi connectivity index (χ4v) is 3.29. The number of hydrogen-bond donors (Lipinski definition) is 1. The maximum Gasteiger partial charge on any atom is 0.0401 e. The van der Waals surface area contributed by atoms with E-state index in [0.29, 0.717) is 0 Å². The molecule has 4 rings (SSSR count). The molecule has 0 amide bonds. The van der Waals surface area contributed by atoms with Gasteiger partial charge in [0.2, 0.25) is 0 Å². The third-order valence-corrected chi connectivity index (χ3v) is 4.55. The molecule has 2 nitrogen and oxygen atoms in total. The summed E-state index contributed by atoms with van der Waals surface area (Å²) in [5, 5.41) is 9.34. The van der Waals surface area contributed by atoms with Crippen molar-refractivity contribution in [3.05, 3.63) is 71.9 Å². The molecule has 0 fully saturated rings. The summed E-state index contributed by atoms with van der Waals surface area (Å²) in [7, 11) is 0. The van der Waals surface area contributed by atoms with E-state index in [1.165, 1.54) is 26.4 Å². The minimum Gasteiger partial charge on any atom is -0.381 e. The van der Waals surface area contributed by atoms with Crippen LogP contribution >= 0.6 is 11.3 Å². The van der Waals surface area contributed by atoms with Crippen LogP contribution in [0.3, 0.4) is 0 Å². The molecule has 0 radical (unpaired) electrons. The van der Waals surface area contributed by atoms with Crippen molar-refractivity contribution < 1.29 is 0 Å². The van der Waals surface area contributed by atoms with Gasteiger partial charge in [0.15, 0.2) is 0 Å². The Morgan fingerprint density at radius 3 is 2.90 bits per heavy atom. The first-order chi connectivity index (χ1) is 10.4. The number of pyridine rings is 1. The molecule has 0 atom stereocenters. The van der Waals surface area contributed by atoms with E-state index in [0.717, 1.165) is 12.2 Å². The molecular formula is C18H14N2S. The summed E-state index contributed by atoms with van der Waals surface area (Å²) < 4.78 is 1.33. The topological polar surface area (TPSA) is 24.9 Å². The highest BCUT2D eigenvalue weighted by Gasteiger charge is 1.99. The summed E-state index contributed by atoms with van der Waals surface area (Å²) in [6.45, 7) is 0.827. The molecule has 0 saturated carbocycles. The molecule has 102 valence electrons. The molecule has 0 aliphatic carbocycles. The fraction of sp³-hybridized carbons (Fsp3) is 0.0556. The highest BCUT2D eigenvalue weighted by molar-refractivity contribution is 7.17. The number of fused-ring (bicyclic) bond motifs is 2. The first kappa shape index (κ1) is 12.4. The zero-order valence-corrected chi connectivity index (χ0v) is 12.2. The van der Waals surface area contributed by atoms with Crippen LogP contribution < -0.4 is 5.32 Å². The quantitative estimate of drug-likeness (QED) is 0.570. The second-order valence-corrected chi connectivity index (χ2v) is 6.03. The smallest absolute Gasteiger partial charge is 0.0401 e. The number of rotatable bonds is 3. The van der Waals surface area contributed by atoms with Crippen molar-refractivity contribution in [2.75, 3.05) is 5.32 Å². The van der Waals surface area contributed by atoms with E-state index < -0.39 is 0 Å². The standard InChI is InChI=1S/C18H14N2S/c1-2-16-12-19-7-5-14(16)9-13(1)11-20-17-3-4-18-15(10-17)6-8-21-18/h1-10,12,20H,11H2. The monoisotopic (exact) mass is 290 g/mol. The largest absolute Gasteiger partial charge is 0.381 e. The van der Waals surface area contributed by atoms with Gasteiger partial charge in [-0.15, -0.1) is 11.3 Å². The molecule has 2 aromatic carbocycles. The molecule has 3 heteroatoms. The molecule has 0 spiro atoms. The Morgan fingerprint density at radius 1 is 0.905 bits per heavy atom. The zero-order valence-electron chi connectivity index (χ0n) is 11.4. The zero-order chi connectivity index (χ0) is 14.1. The molecule has 0 aliphatic heterocycles. The van der Waals surface area contributed by atoms with E-state index in [9.17, 15) is 0 Å². The Bertz CT molecular complexity index is 911. The number of thiophene rings is 1. The van der Waals surface area contributed by atoms with E-state index in [-0.39, 0.29) is 0 Å². The maximum absolute atomic E-state index is 4.15. The van der Waals surface area contributed by atoms with Crippen molar-refractivity contribution in [1.82, 2.24) is 4.98 Å². The first-order valence-electron chi connectivity index (χ1n) is 6.92. The van der Waals surface area contributed by atoms with E-state index >= 15 is 0 Å². The van der Waals surface area contributed by atoms with Crippen LogP contribution in [0.2, 0.25) is 0 Å². The first-order valence-corrected chi connectivity index (χ1v) is 7.80. The predicted octanol–water partition coefficient (Wildman–Crippen LogP) is 5.06. The average Bonchev–Trinajstić information content (AvgIpc) is 3.00. The second kappa shape index (κ2) is 5.19. The van der Waals surface area contributed by atoms with Crippen LogP contribution in [0.25, 0.3) is 20.9 Å². The van der Waals surface area contributed by atoms with Gasteiger partial charge in [-0.2, -0.15) is 0 Å².